The van der Waals surface area contributed by atoms with Crippen LogP contribution in [0.2, 0.25) is 0 Å². The van der Waals surface area contributed by atoms with Crippen LogP contribution in [0, 0.1) is 0 Å². The number of hydrogen-bond donors (Lipinski definition) is 2. The second kappa shape index (κ2) is 2.56. The van der Waals surface area contributed by atoms with Gasteiger partial charge >= 0.3 is 0 Å². The van der Waals surface area contributed by atoms with Crippen molar-refractivity contribution in [2.24, 2.45) is 0 Å². The highest BCUT2D eigenvalue weighted by Crippen LogP contribution is 2.12. The van der Waals surface area contributed by atoms with Crippen molar-refractivity contribution in [2.75, 3.05) is 18.4 Å². The average Bonchev–Trinajstić information content (AvgIpc) is 2.29. The lowest BCUT2D eigenvalue weighted by molar-refractivity contribution is 0.472. The third-order valence-corrected chi connectivity index (χ3v) is 2.25. The second-order valence-corrected chi connectivity index (χ2v) is 3.23. The molecule has 0 atom stereocenters. The summed E-state index contributed by atoms with van der Waals surface area (Å²) in [5.74, 6) is 0. The van der Waals surface area contributed by atoms with Crippen LogP contribution in [0.4, 0.5) is 5.13 Å². The van der Waals surface area contributed by atoms with Crippen LogP contribution in [-0.2, 0) is 0 Å². The van der Waals surface area contributed by atoms with E-state index in [1.807, 2.05) is 11.6 Å². The first-order valence-corrected chi connectivity index (χ1v) is 4.20. The van der Waals surface area contributed by atoms with Crippen molar-refractivity contribution in [3.8, 4) is 0 Å². The summed E-state index contributed by atoms with van der Waals surface area (Å²) >= 11 is 1.65. The largest absolute Gasteiger partial charge is 0.356 e. The van der Waals surface area contributed by atoms with E-state index in [9.17, 15) is 0 Å². The van der Waals surface area contributed by atoms with Gasteiger partial charge in [0.25, 0.3) is 0 Å². The highest BCUT2D eigenvalue weighted by atomic mass is 32.1. The molecule has 2 rings (SSSR count). The molecule has 2 heterocycles. The van der Waals surface area contributed by atoms with Gasteiger partial charge in [0.15, 0.2) is 5.13 Å². The van der Waals surface area contributed by atoms with Gasteiger partial charge in [-0.3, -0.25) is 0 Å². The third-order valence-electron chi connectivity index (χ3n) is 1.54. The maximum atomic E-state index is 4.12. The SMILES string of the molecule is c1csc(NC2CNC2)n1. The summed E-state index contributed by atoms with van der Waals surface area (Å²) in [4.78, 5) is 4.12. The lowest BCUT2D eigenvalue weighted by atomic mass is 10.2. The Bertz CT molecular complexity index is 193. The number of hydrogen-bond acceptors (Lipinski definition) is 4. The molecule has 0 saturated carbocycles. The summed E-state index contributed by atoms with van der Waals surface area (Å²) in [5, 5.41) is 9.51. The molecule has 54 valence electrons. The third kappa shape index (κ3) is 1.12. The zero-order chi connectivity index (χ0) is 6.81. The van der Waals surface area contributed by atoms with Gasteiger partial charge in [-0.25, -0.2) is 4.98 Å². The minimum atomic E-state index is 0.603. The van der Waals surface area contributed by atoms with Crippen LogP contribution in [0.1, 0.15) is 0 Å². The highest BCUT2D eigenvalue weighted by molar-refractivity contribution is 7.13. The minimum Gasteiger partial charge on any atom is -0.356 e. The molecular formula is C6H9N3S. The Morgan fingerprint density at radius 3 is 3.10 bits per heavy atom. The Morgan fingerprint density at radius 1 is 1.70 bits per heavy atom. The summed E-state index contributed by atoms with van der Waals surface area (Å²) in [6, 6.07) is 0.603. The molecule has 0 unspecified atom stereocenters. The number of nitrogens with one attached hydrogen (secondary N) is 2. The molecule has 1 aliphatic rings. The molecule has 10 heavy (non-hydrogen) atoms. The summed E-state index contributed by atoms with van der Waals surface area (Å²) in [6.07, 6.45) is 1.82. The molecular weight excluding hydrogens is 146 g/mol. The molecule has 0 aliphatic carbocycles. The van der Waals surface area contributed by atoms with Gasteiger partial charge < -0.3 is 10.6 Å². The van der Waals surface area contributed by atoms with Gasteiger partial charge in [-0.15, -0.1) is 11.3 Å². The van der Waals surface area contributed by atoms with E-state index in [-0.39, 0.29) is 0 Å². The Hall–Kier alpha value is -0.610. The van der Waals surface area contributed by atoms with Crippen molar-refractivity contribution in [1.29, 1.82) is 0 Å². The van der Waals surface area contributed by atoms with Crippen LogP contribution < -0.4 is 10.6 Å². The summed E-state index contributed by atoms with van der Waals surface area (Å²) in [7, 11) is 0. The van der Waals surface area contributed by atoms with Gasteiger partial charge in [0.1, 0.15) is 0 Å². The summed E-state index contributed by atoms with van der Waals surface area (Å²) in [6.45, 7) is 2.14. The van der Waals surface area contributed by atoms with Crippen molar-refractivity contribution in [3.05, 3.63) is 11.6 Å². The molecule has 0 spiro atoms. The van der Waals surface area contributed by atoms with Crippen LogP contribution in [0.15, 0.2) is 11.6 Å². The number of thiazole rings is 1. The topological polar surface area (TPSA) is 37.0 Å². The number of aromatic nitrogens is 1. The number of nitrogens with zero attached hydrogens (tertiary/aromatic N) is 1. The normalized spacial score (nSPS) is 18.4. The van der Waals surface area contributed by atoms with Gasteiger partial charge in [-0.05, 0) is 0 Å². The van der Waals surface area contributed by atoms with E-state index in [0.717, 1.165) is 18.2 Å². The Balaban J connectivity index is 1.90. The Kier molecular flexibility index (Phi) is 1.56. The van der Waals surface area contributed by atoms with Crippen molar-refractivity contribution < 1.29 is 0 Å². The van der Waals surface area contributed by atoms with Crippen molar-refractivity contribution >= 4 is 16.5 Å². The maximum Gasteiger partial charge on any atom is 0.182 e. The summed E-state index contributed by atoms with van der Waals surface area (Å²) < 4.78 is 0. The van der Waals surface area contributed by atoms with Crippen LogP contribution in [0.3, 0.4) is 0 Å². The van der Waals surface area contributed by atoms with Gasteiger partial charge in [0, 0.05) is 24.7 Å². The Morgan fingerprint density at radius 2 is 2.60 bits per heavy atom. The predicted octanol–water partition coefficient (Wildman–Crippen LogP) is 0.527. The van der Waals surface area contributed by atoms with Crippen LogP contribution >= 0.6 is 11.3 Å². The fourth-order valence-corrected chi connectivity index (χ4v) is 1.47. The Labute approximate surface area is 63.5 Å². The van der Waals surface area contributed by atoms with E-state index in [0.29, 0.717) is 6.04 Å². The van der Waals surface area contributed by atoms with Crippen LogP contribution in [0.5, 0.6) is 0 Å². The molecule has 2 N–H and O–H groups in total. The predicted molar refractivity (Wildman–Crippen MR) is 42.4 cm³/mol. The summed E-state index contributed by atoms with van der Waals surface area (Å²) in [5.41, 5.74) is 0. The van der Waals surface area contributed by atoms with Gasteiger partial charge in [0.05, 0.1) is 6.04 Å². The molecule has 1 aromatic heterocycles. The average molecular weight is 155 g/mol. The monoisotopic (exact) mass is 155 g/mol. The van der Waals surface area contributed by atoms with E-state index in [2.05, 4.69) is 15.6 Å². The lowest BCUT2D eigenvalue weighted by Gasteiger charge is -2.27. The second-order valence-electron chi connectivity index (χ2n) is 2.34. The first kappa shape index (κ1) is 6.12. The molecule has 4 heteroatoms. The molecule has 1 fully saturated rings. The van der Waals surface area contributed by atoms with Gasteiger partial charge in [-0.2, -0.15) is 0 Å². The molecule has 0 bridgehead atoms. The van der Waals surface area contributed by atoms with Gasteiger partial charge in [0.2, 0.25) is 0 Å². The first-order chi connectivity index (χ1) is 4.95. The molecule has 0 amide bonds. The molecule has 3 nitrogen and oxygen atoms in total. The smallest absolute Gasteiger partial charge is 0.182 e. The van der Waals surface area contributed by atoms with E-state index < -0.39 is 0 Å². The fraction of sp³-hybridized carbons (Fsp3) is 0.500. The number of anilines is 1. The number of rotatable bonds is 2. The standard InChI is InChI=1S/C6H9N3S/c1-2-10-6(8-1)9-5-3-7-4-5/h1-2,5,7H,3-4H2,(H,8,9). The zero-order valence-electron chi connectivity index (χ0n) is 5.50. The molecule has 1 aliphatic heterocycles. The van der Waals surface area contributed by atoms with E-state index >= 15 is 0 Å². The molecule has 1 aromatic rings. The van der Waals surface area contributed by atoms with E-state index in [1.165, 1.54) is 0 Å². The van der Waals surface area contributed by atoms with Crippen LogP contribution in [0.25, 0.3) is 0 Å². The first-order valence-electron chi connectivity index (χ1n) is 3.32. The fourth-order valence-electron chi connectivity index (χ4n) is 0.860. The van der Waals surface area contributed by atoms with Crippen molar-refractivity contribution in [1.82, 2.24) is 10.3 Å². The quantitative estimate of drug-likeness (QED) is 0.654. The molecule has 0 aromatic carbocycles. The molecule has 1 saturated heterocycles. The lowest BCUT2D eigenvalue weighted by Crippen LogP contribution is -2.51. The van der Waals surface area contributed by atoms with E-state index in [1.54, 1.807) is 11.3 Å². The van der Waals surface area contributed by atoms with Crippen LogP contribution in [-0.4, -0.2) is 24.1 Å². The highest BCUT2D eigenvalue weighted by Gasteiger charge is 2.16. The maximum absolute atomic E-state index is 4.12. The minimum absolute atomic E-state index is 0.603. The van der Waals surface area contributed by atoms with Crippen molar-refractivity contribution in [3.63, 3.8) is 0 Å². The van der Waals surface area contributed by atoms with Crippen molar-refractivity contribution in [2.45, 2.75) is 6.04 Å². The van der Waals surface area contributed by atoms with E-state index in [4.69, 9.17) is 0 Å². The van der Waals surface area contributed by atoms with Gasteiger partial charge in [-0.1, -0.05) is 0 Å². The molecule has 0 radical (unpaired) electrons. The zero-order valence-corrected chi connectivity index (χ0v) is 6.32.